The van der Waals surface area contributed by atoms with E-state index in [0.717, 1.165) is 5.70 Å². The average molecular weight is 458 g/mol. The molecule has 3 rings (SSSR count). The summed E-state index contributed by atoms with van der Waals surface area (Å²) in [6.07, 6.45) is 1.41. The largest absolute Gasteiger partial charge is 0.489 e. The van der Waals surface area contributed by atoms with Crippen LogP contribution in [0.2, 0.25) is 0 Å². The van der Waals surface area contributed by atoms with Crippen molar-refractivity contribution in [1.29, 1.82) is 0 Å². The number of ether oxygens (including phenoxy) is 2. The van der Waals surface area contributed by atoms with Gasteiger partial charge in [0.1, 0.15) is 22.4 Å². The SMILES string of the molecule is CC(C)(C)OC(=O)N1CCN2Cc3c(cc(Br)c([N+](=O)[O-])c3F)OC/C=C\2C1. The summed E-state index contributed by atoms with van der Waals surface area (Å²) in [6, 6.07) is 1.42. The third kappa shape index (κ3) is 4.21. The van der Waals surface area contributed by atoms with Crippen molar-refractivity contribution in [3.8, 4) is 5.75 Å². The van der Waals surface area contributed by atoms with E-state index < -0.39 is 28.1 Å². The van der Waals surface area contributed by atoms with Crippen molar-refractivity contribution in [3.05, 3.63) is 43.8 Å². The van der Waals surface area contributed by atoms with Crippen molar-refractivity contribution >= 4 is 27.7 Å². The molecule has 0 unspecified atom stereocenters. The lowest BCUT2D eigenvalue weighted by atomic mass is 10.1. The molecule has 1 saturated heterocycles. The van der Waals surface area contributed by atoms with Gasteiger partial charge in [-0.2, -0.15) is 4.39 Å². The van der Waals surface area contributed by atoms with Gasteiger partial charge in [-0.15, -0.1) is 0 Å². The van der Waals surface area contributed by atoms with Crippen LogP contribution in [0.4, 0.5) is 14.9 Å². The lowest BCUT2D eigenvalue weighted by Crippen LogP contribution is -2.48. The molecule has 0 saturated carbocycles. The minimum atomic E-state index is -0.912. The summed E-state index contributed by atoms with van der Waals surface area (Å²) in [4.78, 5) is 26.3. The summed E-state index contributed by atoms with van der Waals surface area (Å²) in [7, 11) is 0. The fraction of sp³-hybridized carbons (Fsp3) is 0.500. The first-order chi connectivity index (χ1) is 13.1. The molecule has 2 heterocycles. The van der Waals surface area contributed by atoms with E-state index in [1.807, 2.05) is 11.0 Å². The van der Waals surface area contributed by atoms with E-state index in [1.54, 1.807) is 25.7 Å². The Kier molecular flexibility index (Phi) is 5.51. The minimum absolute atomic E-state index is 0.0354. The van der Waals surface area contributed by atoms with Crippen LogP contribution in [0, 0.1) is 15.9 Å². The van der Waals surface area contributed by atoms with Gasteiger partial charge in [0.05, 0.1) is 17.0 Å². The zero-order chi connectivity index (χ0) is 20.6. The van der Waals surface area contributed by atoms with E-state index in [9.17, 15) is 19.3 Å². The Hall–Kier alpha value is -2.36. The van der Waals surface area contributed by atoms with E-state index in [0.29, 0.717) is 19.6 Å². The second-order valence-corrected chi connectivity index (χ2v) is 8.44. The molecular formula is C18H21BrFN3O5. The first kappa shape index (κ1) is 20.4. The smallest absolute Gasteiger partial charge is 0.410 e. The summed E-state index contributed by atoms with van der Waals surface area (Å²) in [5.41, 5.74) is -0.291. The molecule has 10 heteroatoms. The molecule has 1 aromatic carbocycles. The van der Waals surface area contributed by atoms with Crippen molar-refractivity contribution in [2.75, 3.05) is 26.2 Å². The zero-order valence-corrected chi connectivity index (χ0v) is 17.4. The van der Waals surface area contributed by atoms with E-state index in [1.165, 1.54) is 6.07 Å². The molecule has 152 valence electrons. The number of carbonyl (C=O) groups is 1. The molecule has 1 aromatic rings. The van der Waals surface area contributed by atoms with Crippen molar-refractivity contribution in [2.45, 2.75) is 32.9 Å². The minimum Gasteiger partial charge on any atom is -0.489 e. The van der Waals surface area contributed by atoms with Crippen molar-refractivity contribution < 1.29 is 23.6 Å². The monoisotopic (exact) mass is 457 g/mol. The van der Waals surface area contributed by atoms with Crippen LogP contribution < -0.4 is 4.74 Å². The molecule has 0 atom stereocenters. The molecule has 2 aliphatic rings. The first-order valence-electron chi connectivity index (χ1n) is 8.77. The van der Waals surface area contributed by atoms with Gasteiger partial charge in [-0.1, -0.05) is 0 Å². The Labute approximate surface area is 170 Å². The van der Waals surface area contributed by atoms with Gasteiger partial charge in [-0.3, -0.25) is 10.1 Å². The highest BCUT2D eigenvalue weighted by atomic mass is 79.9. The van der Waals surface area contributed by atoms with Gasteiger partial charge in [0, 0.05) is 31.4 Å². The number of fused-ring (bicyclic) bond motifs is 2. The van der Waals surface area contributed by atoms with Crippen LogP contribution in [0.3, 0.4) is 0 Å². The Bertz CT molecular complexity index is 853. The lowest BCUT2D eigenvalue weighted by molar-refractivity contribution is -0.388. The number of hydrogen-bond donors (Lipinski definition) is 0. The quantitative estimate of drug-likeness (QED) is 0.470. The van der Waals surface area contributed by atoms with E-state index in [2.05, 4.69) is 15.9 Å². The van der Waals surface area contributed by atoms with Crippen LogP contribution in [-0.4, -0.2) is 52.7 Å². The fourth-order valence-corrected chi connectivity index (χ4v) is 3.63. The number of carbonyl (C=O) groups excluding carboxylic acids is 1. The molecule has 0 aliphatic carbocycles. The summed E-state index contributed by atoms with van der Waals surface area (Å²) in [6.45, 7) is 6.83. The van der Waals surface area contributed by atoms with Gasteiger partial charge < -0.3 is 19.3 Å². The summed E-state index contributed by atoms with van der Waals surface area (Å²) in [5.74, 6) is -0.648. The van der Waals surface area contributed by atoms with Crippen LogP contribution in [0.15, 0.2) is 22.3 Å². The van der Waals surface area contributed by atoms with E-state index in [-0.39, 0.29) is 28.9 Å². The Balaban J connectivity index is 1.84. The van der Waals surface area contributed by atoms with E-state index >= 15 is 0 Å². The maximum absolute atomic E-state index is 14.8. The maximum Gasteiger partial charge on any atom is 0.410 e. The molecule has 28 heavy (non-hydrogen) atoms. The first-order valence-corrected chi connectivity index (χ1v) is 9.56. The predicted octanol–water partition coefficient (Wildman–Crippen LogP) is 3.83. The maximum atomic E-state index is 14.8. The number of benzene rings is 1. The zero-order valence-electron chi connectivity index (χ0n) is 15.8. The molecule has 0 bridgehead atoms. The molecule has 8 nitrogen and oxygen atoms in total. The highest BCUT2D eigenvalue weighted by Gasteiger charge is 2.32. The number of rotatable bonds is 1. The van der Waals surface area contributed by atoms with Gasteiger partial charge in [-0.05, 0) is 42.8 Å². The number of amides is 1. The number of hydrogen-bond acceptors (Lipinski definition) is 6. The second-order valence-electron chi connectivity index (χ2n) is 7.58. The number of halogens is 2. The van der Waals surface area contributed by atoms with E-state index in [4.69, 9.17) is 9.47 Å². The molecular weight excluding hydrogens is 437 g/mol. The summed E-state index contributed by atoms with van der Waals surface area (Å²) >= 11 is 3.04. The standard InChI is InChI=1S/C18H21BrFN3O5/c1-18(2,3)28-17(24)22-6-5-21-10-12-14(27-7-4-11(21)9-22)8-13(19)16(15(12)20)23(25)26/h4,8H,5-7,9-10H2,1-3H3/b11-4-. The molecule has 0 spiro atoms. The normalized spacial score (nSPS) is 18.7. The van der Waals surface area contributed by atoms with Gasteiger partial charge in [0.15, 0.2) is 0 Å². The van der Waals surface area contributed by atoms with Crippen molar-refractivity contribution in [3.63, 3.8) is 0 Å². The molecule has 1 fully saturated rings. The van der Waals surface area contributed by atoms with Crippen LogP contribution >= 0.6 is 15.9 Å². The van der Waals surface area contributed by atoms with Gasteiger partial charge in [0.25, 0.3) is 0 Å². The van der Waals surface area contributed by atoms with Crippen molar-refractivity contribution in [2.24, 2.45) is 0 Å². The second kappa shape index (κ2) is 7.57. The molecule has 1 amide bonds. The third-order valence-electron chi connectivity index (χ3n) is 4.39. The highest BCUT2D eigenvalue weighted by molar-refractivity contribution is 9.10. The van der Waals surface area contributed by atoms with Gasteiger partial charge >= 0.3 is 11.8 Å². The number of nitro benzene ring substituents is 1. The summed E-state index contributed by atoms with van der Waals surface area (Å²) in [5, 5.41) is 11.2. The van der Waals surface area contributed by atoms with Gasteiger partial charge in [-0.25, -0.2) is 4.79 Å². The number of nitro groups is 1. The third-order valence-corrected chi connectivity index (χ3v) is 5.00. The fourth-order valence-electron chi connectivity index (χ4n) is 3.10. The Morgan fingerprint density at radius 1 is 1.36 bits per heavy atom. The van der Waals surface area contributed by atoms with Gasteiger partial charge in [0.2, 0.25) is 5.82 Å². The molecule has 0 aromatic heterocycles. The van der Waals surface area contributed by atoms with Crippen LogP contribution in [0.1, 0.15) is 26.3 Å². The molecule has 2 aliphatic heterocycles. The highest BCUT2D eigenvalue weighted by Crippen LogP contribution is 2.38. The molecule has 0 radical (unpaired) electrons. The van der Waals surface area contributed by atoms with Crippen LogP contribution in [0.25, 0.3) is 0 Å². The van der Waals surface area contributed by atoms with Crippen molar-refractivity contribution in [1.82, 2.24) is 9.80 Å². The predicted molar refractivity (Wildman–Crippen MR) is 103 cm³/mol. The van der Waals surface area contributed by atoms with Crippen LogP contribution in [0.5, 0.6) is 5.75 Å². The Morgan fingerprint density at radius 3 is 2.71 bits per heavy atom. The topological polar surface area (TPSA) is 85.2 Å². The Morgan fingerprint density at radius 2 is 2.07 bits per heavy atom. The lowest BCUT2D eigenvalue weighted by Gasteiger charge is -2.39. The average Bonchev–Trinajstić information content (AvgIpc) is 2.54. The number of piperazine rings is 1. The summed E-state index contributed by atoms with van der Waals surface area (Å²) < 4.78 is 25.9. The number of nitrogens with zero attached hydrogens (tertiary/aromatic N) is 3. The van der Waals surface area contributed by atoms with Crippen LogP contribution in [-0.2, 0) is 11.3 Å². The molecule has 0 N–H and O–H groups in total.